The van der Waals surface area contributed by atoms with Crippen molar-refractivity contribution in [2.24, 2.45) is 0 Å². The van der Waals surface area contributed by atoms with Gasteiger partial charge in [-0.05, 0) is 49.4 Å². The van der Waals surface area contributed by atoms with Crippen LogP contribution >= 0.6 is 0 Å². The summed E-state index contributed by atoms with van der Waals surface area (Å²) in [5.41, 5.74) is 2.40. The van der Waals surface area contributed by atoms with E-state index < -0.39 is 10.8 Å². The Morgan fingerprint density at radius 2 is 1.67 bits per heavy atom. The zero-order valence-corrected chi connectivity index (χ0v) is 21.8. The lowest BCUT2D eigenvalue weighted by Crippen LogP contribution is -2.50. The van der Waals surface area contributed by atoms with Gasteiger partial charge < -0.3 is 28.4 Å². The van der Waals surface area contributed by atoms with Crippen molar-refractivity contribution < 1.29 is 27.6 Å². The Hall–Kier alpha value is -3.53. The van der Waals surface area contributed by atoms with Gasteiger partial charge in [-0.15, -0.1) is 0 Å². The first-order valence-corrected chi connectivity index (χ1v) is 13.1. The van der Waals surface area contributed by atoms with Gasteiger partial charge in [-0.2, -0.15) is 0 Å². The largest absolute Gasteiger partial charge is 0.497 e. The molecule has 36 heavy (non-hydrogen) atoms. The van der Waals surface area contributed by atoms with Crippen LogP contribution in [0.4, 0.5) is 5.69 Å². The molecule has 1 saturated heterocycles. The second kappa shape index (κ2) is 11.5. The van der Waals surface area contributed by atoms with E-state index in [-0.39, 0.29) is 17.4 Å². The second-order valence-corrected chi connectivity index (χ2v) is 9.84. The Labute approximate surface area is 213 Å². The molecule has 1 aromatic heterocycles. The SMILES string of the molecule is COc1ccc(N2CCN(C(=O)C[S@@](=O)Cc3nc(-c4ccc(OC)c(OC)c4)oc3C)CC2)cc1. The summed E-state index contributed by atoms with van der Waals surface area (Å²) in [5.74, 6) is 2.97. The van der Waals surface area contributed by atoms with Crippen LogP contribution in [0.25, 0.3) is 11.5 Å². The minimum Gasteiger partial charge on any atom is -0.497 e. The topological polar surface area (TPSA) is 94.3 Å². The average Bonchev–Trinajstić information content (AvgIpc) is 3.27. The monoisotopic (exact) mass is 513 g/mol. The van der Waals surface area contributed by atoms with Crippen molar-refractivity contribution in [3.63, 3.8) is 0 Å². The maximum atomic E-state index is 12.8. The highest BCUT2D eigenvalue weighted by Gasteiger charge is 2.24. The lowest BCUT2D eigenvalue weighted by molar-refractivity contribution is -0.128. The molecule has 1 atom stereocenters. The minimum absolute atomic E-state index is 0.0411. The maximum absolute atomic E-state index is 12.8. The zero-order chi connectivity index (χ0) is 25.7. The molecule has 1 fully saturated rings. The average molecular weight is 514 g/mol. The molecule has 1 aliphatic heterocycles. The van der Waals surface area contributed by atoms with Crippen molar-refractivity contribution in [1.82, 2.24) is 9.88 Å². The van der Waals surface area contributed by atoms with Crippen LogP contribution in [0.1, 0.15) is 11.5 Å². The van der Waals surface area contributed by atoms with Crippen LogP contribution < -0.4 is 19.1 Å². The van der Waals surface area contributed by atoms with Crippen LogP contribution in [0.2, 0.25) is 0 Å². The fraction of sp³-hybridized carbons (Fsp3) is 0.385. The number of anilines is 1. The number of ether oxygens (including phenoxy) is 3. The van der Waals surface area contributed by atoms with Gasteiger partial charge in [0.25, 0.3) is 0 Å². The number of carbonyl (C=O) groups excluding carboxylic acids is 1. The molecule has 1 amide bonds. The van der Waals surface area contributed by atoms with Crippen molar-refractivity contribution in [3.05, 3.63) is 53.9 Å². The number of methoxy groups -OCH3 is 3. The van der Waals surface area contributed by atoms with Crippen LogP contribution in [0.3, 0.4) is 0 Å². The summed E-state index contributed by atoms with van der Waals surface area (Å²) in [6, 6.07) is 13.3. The number of benzene rings is 2. The van der Waals surface area contributed by atoms with Gasteiger partial charge in [0.1, 0.15) is 17.3 Å². The molecule has 2 aromatic carbocycles. The highest BCUT2D eigenvalue weighted by atomic mass is 32.2. The minimum atomic E-state index is -1.40. The molecule has 3 aromatic rings. The fourth-order valence-corrected chi connectivity index (χ4v) is 5.23. The third kappa shape index (κ3) is 5.81. The van der Waals surface area contributed by atoms with E-state index in [1.165, 1.54) is 0 Å². The number of rotatable bonds is 9. The second-order valence-electron chi connectivity index (χ2n) is 8.39. The van der Waals surface area contributed by atoms with E-state index in [2.05, 4.69) is 9.88 Å². The van der Waals surface area contributed by atoms with Crippen molar-refractivity contribution in [2.45, 2.75) is 12.7 Å². The molecule has 0 saturated carbocycles. The van der Waals surface area contributed by atoms with Gasteiger partial charge in [-0.1, -0.05) is 0 Å². The molecule has 10 heteroatoms. The summed E-state index contributed by atoms with van der Waals surface area (Å²) in [4.78, 5) is 21.3. The molecule has 192 valence electrons. The third-order valence-corrected chi connectivity index (χ3v) is 7.34. The summed E-state index contributed by atoms with van der Waals surface area (Å²) >= 11 is 0. The summed E-state index contributed by atoms with van der Waals surface area (Å²) in [6.07, 6.45) is 0. The van der Waals surface area contributed by atoms with E-state index in [1.54, 1.807) is 45.3 Å². The first-order valence-electron chi connectivity index (χ1n) is 11.6. The van der Waals surface area contributed by atoms with E-state index in [1.807, 2.05) is 30.3 Å². The van der Waals surface area contributed by atoms with Crippen molar-refractivity contribution in [3.8, 4) is 28.7 Å². The number of carbonyl (C=O) groups is 1. The summed E-state index contributed by atoms with van der Waals surface area (Å²) in [6.45, 7) is 4.41. The van der Waals surface area contributed by atoms with Crippen LogP contribution in [-0.2, 0) is 21.3 Å². The Balaban J connectivity index is 1.32. The van der Waals surface area contributed by atoms with Crippen molar-refractivity contribution in [1.29, 1.82) is 0 Å². The smallest absolute Gasteiger partial charge is 0.235 e. The van der Waals surface area contributed by atoms with Gasteiger partial charge in [-0.25, -0.2) is 4.98 Å². The quantitative estimate of drug-likeness (QED) is 0.430. The Kier molecular flexibility index (Phi) is 8.14. The number of oxazole rings is 1. The standard InChI is InChI=1S/C26H31N3O6S/c1-18-22(27-26(35-18)19-5-10-23(33-3)24(15-19)34-4)16-36(31)17-25(30)29-13-11-28(12-14-29)20-6-8-21(32-2)9-7-20/h5-10,15H,11-14,16-17H2,1-4H3/t36-/m0/s1. The Bertz CT molecular complexity index is 1220. The van der Waals surface area contributed by atoms with Crippen LogP contribution in [0, 0.1) is 6.92 Å². The molecular formula is C26H31N3O6S. The van der Waals surface area contributed by atoms with Gasteiger partial charge >= 0.3 is 0 Å². The summed E-state index contributed by atoms with van der Waals surface area (Å²) < 4.78 is 34.5. The molecule has 0 radical (unpaired) electrons. The van der Waals surface area contributed by atoms with E-state index in [0.717, 1.165) is 30.1 Å². The lowest BCUT2D eigenvalue weighted by Gasteiger charge is -2.36. The number of piperazine rings is 1. The van der Waals surface area contributed by atoms with E-state index in [0.29, 0.717) is 41.9 Å². The van der Waals surface area contributed by atoms with Gasteiger partial charge in [0.15, 0.2) is 11.5 Å². The molecule has 0 unspecified atom stereocenters. The normalized spacial score (nSPS) is 14.4. The zero-order valence-electron chi connectivity index (χ0n) is 21.0. The molecule has 4 rings (SSSR count). The molecule has 1 aliphatic rings. The van der Waals surface area contributed by atoms with E-state index >= 15 is 0 Å². The van der Waals surface area contributed by atoms with Crippen LogP contribution in [0.5, 0.6) is 17.2 Å². The Morgan fingerprint density at radius 1 is 0.972 bits per heavy atom. The van der Waals surface area contributed by atoms with Gasteiger partial charge in [0.05, 0.1) is 32.8 Å². The lowest BCUT2D eigenvalue weighted by atomic mass is 10.2. The number of nitrogens with zero attached hydrogens (tertiary/aromatic N) is 3. The van der Waals surface area contributed by atoms with Crippen molar-refractivity contribution in [2.75, 3.05) is 58.2 Å². The Morgan fingerprint density at radius 3 is 2.31 bits per heavy atom. The number of amides is 1. The molecule has 0 aliphatic carbocycles. The van der Waals surface area contributed by atoms with E-state index in [9.17, 15) is 9.00 Å². The number of aryl methyl sites for hydroxylation is 1. The molecule has 0 N–H and O–H groups in total. The highest BCUT2D eigenvalue weighted by molar-refractivity contribution is 7.84. The number of hydrogen-bond acceptors (Lipinski definition) is 8. The van der Waals surface area contributed by atoms with E-state index in [4.69, 9.17) is 18.6 Å². The maximum Gasteiger partial charge on any atom is 0.235 e. The predicted octanol–water partition coefficient (Wildman–Crippen LogP) is 3.27. The third-order valence-electron chi connectivity index (χ3n) is 6.18. The number of hydrogen-bond donors (Lipinski definition) is 0. The van der Waals surface area contributed by atoms with Crippen LogP contribution in [0.15, 0.2) is 46.9 Å². The van der Waals surface area contributed by atoms with Gasteiger partial charge in [0, 0.05) is 48.2 Å². The molecule has 0 spiro atoms. The molecule has 9 nitrogen and oxygen atoms in total. The van der Waals surface area contributed by atoms with Crippen molar-refractivity contribution >= 4 is 22.4 Å². The molecule has 0 bridgehead atoms. The van der Waals surface area contributed by atoms with Gasteiger partial charge in [0.2, 0.25) is 11.8 Å². The summed E-state index contributed by atoms with van der Waals surface area (Å²) in [5, 5.41) is 0. The van der Waals surface area contributed by atoms with Gasteiger partial charge in [-0.3, -0.25) is 9.00 Å². The number of aromatic nitrogens is 1. The highest BCUT2D eigenvalue weighted by Crippen LogP contribution is 2.32. The molecule has 2 heterocycles. The fourth-order valence-electron chi connectivity index (χ4n) is 4.09. The first-order chi connectivity index (χ1) is 17.4. The first kappa shape index (κ1) is 25.6. The predicted molar refractivity (Wildman–Crippen MR) is 138 cm³/mol. The summed E-state index contributed by atoms with van der Waals surface area (Å²) in [7, 11) is 3.38. The molecular weight excluding hydrogens is 482 g/mol. The van der Waals surface area contributed by atoms with Crippen LogP contribution in [-0.4, -0.2) is 73.3 Å².